The highest BCUT2D eigenvalue weighted by molar-refractivity contribution is 7.98. The first-order chi connectivity index (χ1) is 15.7. The Bertz CT molecular complexity index is 1120. The number of nitrogens with zero attached hydrogens (tertiary/aromatic N) is 3. The Morgan fingerprint density at radius 3 is 2.61 bits per heavy atom. The Morgan fingerprint density at radius 2 is 1.94 bits per heavy atom. The first-order valence-corrected chi connectivity index (χ1v) is 11.0. The van der Waals surface area contributed by atoms with Gasteiger partial charge in [-0.3, -0.25) is 0 Å². The molecule has 1 aromatic heterocycles. The Kier molecular flexibility index (Phi) is 7.96. The van der Waals surface area contributed by atoms with Gasteiger partial charge < -0.3 is 9.47 Å². The molecule has 2 aromatic carbocycles. The third-order valence-electron chi connectivity index (χ3n) is 4.51. The minimum atomic E-state index is -4.76. The molecular formula is C22H21F4N3O3S. The van der Waals surface area contributed by atoms with E-state index in [1.54, 1.807) is 13.0 Å². The summed E-state index contributed by atoms with van der Waals surface area (Å²) in [5.41, 5.74) is 0.304. The minimum Gasteiger partial charge on any atom is -0.482 e. The molecule has 6 nitrogen and oxygen atoms in total. The molecule has 0 saturated carbocycles. The molecule has 0 aliphatic rings. The van der Waals surface area contributed by atoms with Crippen LogP contribution in [0.3, 0.4) is 0 Å². The van der Waals surface area contributed by atoms with E-state index in [1.807, 2.05) is 19.1 Å². The third-order valence-corrected chi connectivity index (χ3v) is 5.54. The molecule has 1 heterocycles. The smallest absolute Gasteiger partial charge is 0.419 e. The molecule has 0 amide bonds. The second-order valence-corrected chi connectivity index (χ2v) is 7.87. The number of alkyl halides is 3. The molecule has 0 aliphatic carbocycles. The van der Waals surface area contributed by atoms with Crippen LogP contribution in [0, 0.1) is 5.82 Å². The predicted octanol–water partition coefficient (Wildman–Crippen LogP) is 5.22. The Labute approximate surface area is 191 Å². The van der Waals surface area contributed by atoms with E-state index in [-0.39, 0.29) is 18.9 Å². The van der Waals surface area contributed by atoms with Crippen molar-refractivity contribution < 1.29 is 31.8 Å². The molecule has 3 rings (SSSR count). The molecule has 0 unspecified atom stereocenters. The fraction of sp³-hybridized carbons (Fsp3) is 0.318. The van der Waals surface area contributed by atoms with Gasteiger partial charge in [0.2, 0.25) is 0 Å². The molecule has 0 fully saturated rings. The maximum absolute atomic E-state index is 13.8. The number of aryl methyl sites for hydroxylation is 1. The van der Waals surface area contributed by atoms with E-state index in [9.17, 15) is 22.4 Å². The van der Waals surface area contributed by atoms with Crippen LogP contribution in [-0.2, 0) is 27.9 Å². The van der Waals surface area contributed by atoms with Gasteiger partial charge in [-0.25, -0.2) is 13.9 Å². The van der Waals surface area contributed by atoms with Gasteiger partial charge in [-0.15, -0.1) is 16.9 Å². The van der Waals surface area contributed by atoms with Crippen molar-refractivity contribution >= 4 is 17.7 Å². The van der Waals surface area contributed by atoms with E-state index in [0.717, 1.165) is 22.6 Å². The van der Waals surface area contributed by atoms with Gasteiger partial charge in [0.05, 0.1) is 29.7 Å². The number of esters is 1. The van der Waals surface area contributed by atoms with Gasteiger partial charge in [-0.2, -0.15) is 13.2 Å². The average molecular weight is 483 g/mol. The maximum atomic E-state index is 13.8. The summed E-state index contributed by atoms with van der Waals surface area (Å²) in [4.78, 5) is 12.4. The van der Waals surface area contributed by atoms with Gasteiger partial charge in [-0.1, -0.05) is 12.1 Å². The first-order valence-electron chi connectivity index (χ1n) is 10.0. The van der Waals surface area contributed by atoms with Crippen molar-refractivity contribution in [3.8, 4) is 11.4 Å². The number of carbonyl (C=O) groups is 1. The zero-order chi connectivity index (χ0) is 24.0. The molecule has 0 N–H and O–H groups in total. The molecule has 0 spiro atoms. The number of aromatic nitrogens is 3. The lowest BCUT2D eigenvalue weighted by atomic mass is 10.1. The second-order valence-electron chi connectivity index (χ2n) is 6.82. The van der Waals surface area contributed by atoms with Crippen LogP contribution in [0.4, 0.5) is 17.6 Å². The van der Waals surface area contributed by atoms with Crippen molar-refractivity contribution in [2.45, 2.75) is 37.1 Å². The lowest BCUT2D eigenvalue weighted by molar-refractivity contribution is -0.145. The van der Waals surface area contributed by atoms with E-state index in [4.69, 9.17) is 9.47 Å². The summed E-state index contributed by atoms with van der Waals surface area (Å²) in [5.74, 6) is -0.766. The second kappa shape index (κ2) is 10.7. The summed E-state index contributed by atoms with van der Waals surface area (Å²) in [5, 5.41) is 7.88. The van der Waals surface area contributed by atoms with E-state index >= 15 is 0 Å². The zero-order valence-electron chi connectivity index (χ0n) is 17.9. The Morgan fingerprint density at radius 1 is 1.15 bits per heavy atom. The van der Waals surface area contributed by atoms with Gasteiger partial charge in [0.15, 0.2) is 6.61 Å². The van der Waals surface area contributed by atoms with Gasteiger partial charge in [0.25, 0.3) is 0 Å². The van der Waals surface area contributed by atoms with Crippen LogP contribution in [0.5, 0.6) is 5.75 Å². The fourth-order valence-electron chi connectivity index (χ4n) is 2.93. The van der Waals surface area contributed by atoms with Crippen LogP contribution in [0.25, 0.3) is 5.69 Å². The van der Waals surface area contributed by atoms with Crippen LogP contribution < -0.4 is 4.74 Å². The standard InChI is InChI=1S/C22H21F4N3O3S/c1-3-14-9-17(6-8-20(14)32-12-21(30)31-4-2)33-13-15-11-29(28-27-15)16-5-7-18(19(23)10-16)22(24,25)26/h5-11H,3-4,12-13H2,1-2H3. The Hall–Kier alpha value is -3.08. The summed E-state index contributed by atoms with van der Waals surface area (Å²) in [6.07, 6.45) is -2.53. The highest BCUT2D eigenvalue weighted by Gasteiger charge is 2.34. The van der Waals surface area contributed by atoms with Crippen LogP contribution in [0.2, 0.25) is 0 Å². The highest BCUT2D eigenvalue weighted by atomic mass is 32.2. The van der Waals surface area contributed by atoms with Crippen molar-refractivity contribution in [2.24, 2.45) is 0 Å². The normalized spacial score (nSPS) is 11.5. The molecule has 0 bridgehead atoms. The van der Waals surface area contributed by atoms with E-state index < -0.39 is 23.5 Å². The number of hydrogen-bond donors (Lipinski definition) is 0. The number of benzene rings is 2. The Balaban J connectivity index is 1.64. The quantitative estimate of drug-likeness (QED) is 0.236. The van der Waals surface area contributed by atoms with Crippen LogP contribution in [0.1, 0.15) is 30.7 Å². The van der Waals surface area contributed by atoms with Crippen molar-refractivity contribution in [2.75, 3.05) is 13.2 Å². The van der Waals surface area contributed by atoms with Crippen molar-refractivity contribution in [3.63, 3.8) is 0 Å². The molecule has 0 aliphatic heterocycles. The zero-order valence-corrected chi connectivity index (χ0v) is 18.7. The highest BCUT2D eigenvalue weighted by Crippen LogP contribution is 2.32. The molecule has 0 saturated heterocycles. The maximum Gasteiger partial charge on any atom is 0.419 e. The van der Waals surface area contributed by atoms with E-state index in [0.29, 0.717) is 29.7 Å². The number of rotatable bonds is 9. The van der Waals surface area contributed by atoms with Gasteiger partial charge in [0, 0.05) is 16.7 Å². The molecule has 0 radical (unpaired) electrons. The van der Waals surface area contributed by atoms with Crippen molar-refractivity contribution in [1.82, 2.24) is 15.0 Å². The number of halogens is 4. The van der Waals surface area contributed by atoms with E-state index in [1.165, 1.54) is 22.6 Å². The van der Waals surface area contributed by atoms with Gasteiger partial charge in [-0.05, 0) is 49.2 Å². The number of thioether (sulfide) groups is 1. The summed E-state index contributed by atoms with van der Waals surface area (Å²) in [6.45, 7) is 3.81. The number of hydrogen-bond acceptors (Lipinski definition) is 6. The molecule has 0 atom stereocenters. The first kappa shape index (κ1) is 24.6. The molecule has 11 heteroatoms. The predicted molar refractivity (Wildman–Crippen MR) is 114 cm³/mol. The van der Waals surface area contributed by atoms with Crippen LogP contribution in [0.15, 0.2) is 47.5 Å². The number of ether oxygens (including phenoxy) is 2. The largest absolute Gasteiger partial charge is 0.482 e. The summed E-state index contributed by atoms with van der Waals surface area (Å²) < 4.78 is 63.6. The van der Waals surface area contributed by atoms with Crippen LogP contribution >= 0.6 is 11.8 Å². The lowest BCUT2D eigenvalue weighted by Gasteiger charge is -2.11. The number of carbonyl (C=O) groups excluding carboxylic acids is 1. The van der Waals surface area contributed by atoms with Crippen molar-refractivity contribution in [1.29, 1.82) is 0 Å². The summed E-state index contributed by atoms with van der Waals surface area (Å²) in [6, 6.07) is 8.17. The molecule has 33 heavy (non-hydrogen) atoms. The third kappa shape index (κ3) is 6.47. The lowest BCUT2D eigenvalue weighted by Crippen LogP contribution is -2.15. The summed E-state index contributed by atoms with van der Waals surface area (Å²) in [7, 11) is 0. The van der Waals surface area contributed by atoms with E-state index in [2.05, 4.69) is 10.3 Å². The fourth-order valence-corrected chi connectivity index (χ4v) is 3.76. The van der Waals surface area contributed by atoms with Crippen molar-refractivity contribution in [3.05, 3.63) is 65.2 Å². The molecule has 176 valence electrons. The van der Waals surface area contributed by atoms with Gasteiger partial charge >= 0.3 is 12.1 Å². The van der Waals surface area contributed by atoms with Crippen LogP contribution in [-0.4, -0.2) is 34.2 Å². The molecular weight excluding hydrogens is 462 g/mol. The monoisotopic (exact) mass is 483 g/mol. The topological polar surface area (TPSA) is 66.2 Å². The minimum absolute atomic E-state index is 0.139. The summed E-state index contributed by atoms with van der Waals surface area (Å²) >= 11 is 1.48. The molecule has 3 aromatic rings. The SMILES string of the molecule is CCOC(=O)COc1ccc(SCc2cn(-c3ccc(C(F)(F)F)c(F)c3)nn2)cc1CC. The average Bonchev–Trinajstić information content (AvgIpc) is 3.25. The van der Waals surface area contributed by atoms with Gasteiger partial charge in [0.1, 0.15) is 11.6 Å².